The van der Waals surface area contributed by atoms with Gasteiger partial charge in [0, 0.05) is 41.7 Å². The van der Waals surface area contributed by atoms with Gasteiger partial charge in [0.25, 0.3) is 0 Å². The molecular formula is C32H37F3N4O3. The molecule has 1 aliphatic carbocycles. The number of aryl methyl sites for hydroxylation is 1. The van der Waals surface area contributed by atoms with E-state index < -0.39 is 29.5 Å². The van der Waals surface area contributed by atoms with Crippen molar-refractivity contribution >= 4 is 28.6 Å². The Hall–Kier alpha value is -3.82. The highest BCUT2D eigenvalue weighted by molar-refractivity contribution is 5.95. The molecule has 1 unspecified atom stereocenters. The van der Waals surface area contributed by atoms with E-state index in [0.717, 1.165) is 54.0 Å². The van der Waals surface area contributed by atoms with Crippen LogP contribution in [0.3, 0.4) is 0 Å². The van der Waals surface area contributed by atoms with Gasteiger partial charge in [0.1, 0.15) is 11.3 Å². The number of hydrogen-bond acceptors (Lipinski definition) is 5. The first-order valence-corrected chi connectivity index (χ1v) is 14.4. The number of alkyl halides is 3. The van der Waals surface area contributed by atoms with Gasteiger partial charge in [0.15, 0.2) is 0 Å². The Morgan fingerprint density at radius 1 is 1.05 bits per heavy atom. The molecule has 42 heavy (non-hydrogen) atoms. The van der Waals surface area contributed by atoms with E-state index in [2.05, 4.69) is 10.3 Å². The summed E-state index contributed by atoms with van der Waals surface area (Å²) in [4.78, 5) is 31.0. The van der Waals surface area contributed by atoms with Crippen LogP contribution in [0.5, 0.6) is 0 Å². The third-order valence-corrected chi connectivity index (χ3v) is 8.06. The van der Waals surface area contributed by atoms with Crippen molar-refractivity contribution in [1.82, 2.24) is 9.88 Å². The summed E-state index contributed by atoms with van der Waals surface area (Å²) in [6.45, 7) is 8.12. The van der Waals surface area contributed by atoms with Gasteiger partial charge in [-0.25, -0.2) is 9.78 Å². The maximum Gasteiger partial charge on any atom is 0.433 e. The smallest absolute Gasteiger partial charge is 0.433 e. The molecule has 2 atom stereocenters. The fourth-order valence-electron chi connectivity index (χ4n) is 6.11. The molecule has 10 heteroatoms. The number of rotatable bonds is 4. The number of primary amides is 1. The van der Waals surface area contributed by atoms with Gasteiger partial charge in [-0.1, -0.05) is 30.5 Å². The molecule has 2 aliphatic rings. The molecule has 1 fully saturated rings. The molecule has 224 valence electrons. The normalized spacial score (nSPS) is 19.4. The first kappa shape index (κ1) is 29.7. The summed E-state index contributed by atoms with van der Waals surface area (Å²) in [5.41, 5.74) is 8.93. The van der Waals surface area contributed by atoms with E-state index in [1.165, 1.54) is 0 Å². The standard InChI is InChI=1S/C32H37F3N4O3/c1-18-9-10-26-24(13-18)27(16-28(38-26)32(33,34)35)37-25-8-6-5-7-21(25)22-14-19-11-12-39(30(41)42-31(2,3)4)17-20(19)15-23(22)29(36)40/h9-10,13-16,21,25H,5-8,11-12,17H2,1-4H3,(H2,36,40)(H,37,38)/t21?,25-/m0/s1. The van der Waals surface area contributed by atoms with Crippen LogP contribution in [0.25, 0.3) is 10.9 Å². The number of nitrogens with one attached hydrogen (secondary N) is 1. The highest BCUT2D eigenvalue weighted by Gasteiger charge is 2.35. The molecule has 2 heterocycles. The SMILES string of the molecule is Cc1ccc2nc(C(F)(F)F)cc(N[C@H]3CCCCC3c3cc4c(cc3C(N)=O)CN(C(=O)OC(C)(C)C)CC4)c2c1. The molecule has 2 aromatic carbocycles. The van der Waals surface area contributed by atoms with Crippen molar-refractivity contribution in [2.45, 2.75) is 90.1 Å². The van der Waals surface area contributed by atoms with Crippen LogP contribution in [-0.2, 0) is 23.9 Å². The predicted octanol–water partition coefficient (Wildman–Crippen LogP) is 7.09. The van der Waals surface area contributed by atoms with Crippen LogP contribution in [0.1, 0.15) is 90.7 Å². The Bertz CT molecular complexity index is 1530. The molecule has 3 N–H and O–H groups in total. The van der Waals surface area contributed by atoms with Gasteiger partial charge in [-0.2, -0.15) is 13.2 Å². The number of carbonyl (C=O) groups is 2. The lowest BCUT2D eigenvalue weighted by Gasteiger charge is -2.36. The van der Waals surface area contributed by atoms with E-state index in [1.54, 1.807) is 23.1 Å². The minimum absolute atomic E-state index is 0.141. The van der Waals surface area contributed by atoms with Crippen LogP contribution in [0, 0.1) is 6.92 Å². The molecule has 0 bridgehead atoms. The van der Waals surface area contributed by atoms with Crippen molar-refractivity contribution in [3.05, 3.63) is 69.9 Å². The van der Waals surface area contributed by atoms with E-state index in [4.69, 9.17) is 10.5 Å². The summed E-state index contributed by atoms with van der Waals surface area (Å²) in [5, 5.41) is 4.06. The zero-order valence-corrected chi connectivity index (χ0v) is 24.4. The lowest BCUT2D eigenvalue weighted by Crippen LogP contribution is -2.40. The van der Waals surface area contributed by atoms with Crippen LogP contribution < -0.4 is 11.1 Å². The quantitative estimate of drug-likeness (QED) is 0.342. The number of ether oxygens (including phenoxy) is 1. The summed E-state index contributed by atoms with van der Waals surface area (Å²) < 4.78 is 46.9. The van der Waals surface area contributed by atoms with Crippen LogP contribution in [0.4, 0.5) is 23.7 Å². The number of halogens is 3. The number of benzene rings is 2. The summed E-state index contributed by atoms with van der Waals surface area (Å²) >= 11 is 0. The highest BCUT2D eigenvalue weighted by Crippen LogP contribution is 2.40. The molecule has 3 aromatic rings. The van der Waals surface area contributed by atoms with Gasteiger partial charge in [-0.3, -0.25) is 4.79 Å². The van der Waals surface area contributed by atoms with E-state index in [9.17, 15) is 22.8 Å². The summed E-state index contributed by atoms with van der Waals surface area (Å²) in [6.07, 6.45) is -1.09. The van der Waals surface area contributed by atoms with Crippen LogP contribution in [-0.4, -0.2) is 40.1 Å². The van der Waals surface area contributed by atoms with Gasteiger partial charge in [0.2, 0.25) is 5.91 Å². The van der Waals surface area contributed by atoms with Crippen molar-refractivity contribution in [2.24, 2.45) is 5.73 Å². The average molecular weight is 583 g/mol. The molecular weight excluding hydrogens is 545 g/mol. The van der Waals surface area contributed by atoms with Crippen molar-refractivity contribution in [3.63, 3.8) is 0 Å². The Labute approximate surface area is 243 Å². The number of carbonyl (C=O) groups excluding carboxylic acids is 2. The Kier molecular flexibility index (Phi) is 7.85. The van der Waals surface area contributed by atoms with Crippen molar-refractivity contribution in [1.29, 1.82) is 0 Å². The molecule has 1 saturated carbocycles. The summed E-state index contributed by atoms with van der Waals surface area (Å²) in [6, 6.07) is 9.86. The van der Waals surface area contributed by atoms with Crippen LogP contribution in [0.15, 0.2) is 36.4 Å². The van der Waals surface area contributed by atoms with Crippen molar-refractivity contribution in [3.8, 4) is 0 Å². The van der Waals surface area contributed by atoms with Gasteiger partial charge >= 0.3 is 12.3 Å². The Balaban J connectivity index is 1.50. The van der Waals surface area contributed by atoms with Gasteiger partial charge in [0.05, 0.1) is 5.52 Å². The minimum atomic E-state index is -4.59. The lowest BCUT2D eigenvalue weighted by atomic mass is 9.76. The largest absolute Gasteiger partial charge is 0.444 e. The second kappa shape index (κ2) is 11.1. The van der Waals surface area contributed by atoms with Crippen molar-refractivity contribution in [2.75, 3.05) is 11.9 Å². The topological polar surface area (TPSA) is 97.5 Å². The zero-order valence-electron chi connectivity index (χ0n) is 24.4. The minimum Gasteiger partial charge on any atom is -0.444 e. The maximum atomic E-state index is 13.8. The number of anilines is 1. The number of aromatic nitrogens is 1. The van der Waals surface area contributed by atoms with Crippen LogP contribution in [0.2, 0.25) is 0 Å². The fraction of sp³-hybridized carbons (Fsp3) is 0.469. The second-order valence-electron chi connectivity index (χ2n) is 12.4. The summed E-state index contributed by atoms with van der Waals surface area (Å²) in [7, 11) is 0. The molecule has 2 amide bonds. The van der Waals surface area contributed by atoms with Crippen molar-refractivity contribution < 1.29 is 27.5 Å². The predicted molar refractivity (Wildman–Crippen MR) is 155 cm³/mol. The van der Waals surface area contributed by atoms with Gasteiger partial charge in [-0.05, 0) is 87.9 Å². The van der Waals surface area contributed by atoms with E-state index >= 15 is 0 Å². The molecule has 1 aromatic heterocycles. The second-order valence-corrected chi connectivity index (χ2v) is 12.4. The first-order valence-electron chi connectivity index (χ1n) is 14.4. The van der Waals surface area contributed by atoms with Crippen LogP contribution >= 0.6 is 0 Å². The number of pyridine rings is 1. The zero-order chi connectivity index (χ0) is 30.4. The molecule has 0 spiro atoms. The Morgan fingerprint density at radius 3 is 2.48 bits per heavy atom. The molecule has 0 saturated heterocycles. The molecule has 0 radical (unpaired) electrons. The third-order valence-electron chi connectivity index (χ3n) is 8.06. The number of nitrogens with two attached hydrogens (primary N) is 1. The fourth-order valence-corrected chi connectivity index (χ4v) is 6.11. The highest BCUT2D eigenvalue weighted by atomic mass is 19.4. The number of nitrogens with zero attached hydrogens (tertiary/aromatic N) is 2. The van der Waals surface area contributed by atoms with Gasteiger partial charge < -0.3 is 20.7 Å². The summed E-state index contributed by atoms with van der Waals surface area (Å²) in [5.74, 6) is -0.714. The molecule has 5 rings (SSSR count). The maximum absolute atomic E-state index is 13.8. The number of hydrogen-bond donors (Lipinski definition) is 2. The molecule has 7 nitrogen and oxygen atoms in total. The third kappa shape index (κ3) is 6.32. The molecule has 1 aliphatic heterocycles. The average Bonchev–Trinajstić information content (AvgIpc) is 2.91. The number of fused-ring (bicyclic) bond motifs is 2. The van der Waals surface area contributed by atoms with E-state index in [-0.39, 0.29) is 17.5 Å². The number of amides is 2. The lowest BCUT2D eigenvalue weighted by molar-refractivity contribution is -0.140. The van der Waals surface area contributed by atoms with E-state index in [1.807, 2.05) is 39.8 Å². The monoisotopic (exact) mass is 582 g/mol. The Morgan fingerprint density at radius 2 is 1.79 bits per heavy atom. The van der Waals surface area contributed by atoms with E-state index in [0.29, 0.717) is 36.1 Å². The van der Waals surface area contributed by atoms with Gasteiger partial charge in [-0.15, -0.1) is 0 Å². The first-order chi connectivity index (χ1) is 19.7.